The van der Waals surface area contributed by atoms with E-state index in [-0.39, 0.29) is 5.48 Å². The first-order valence-corrected chi connectivity index (χ1v) is 1.07. The van der Waals surface area contributed by atoms with Crippen molar-refractivity contribution >= 4 is 5.97 Å². The lowest BCUT2D eigenvalue weighted by Gasteiger charge is -1.69. The number of hydrogen-bond acceptors (Lipinski definition) is 1. The highest BCUT2D eigenvalue weighted by atomic mass is 16.4. The van der Waals surface area contributed by atoms with Gasteiger partial charge in [0.25, 0.3) is 0 Å². The van der Waals surface area contributed by atoms with Crippen molar-refractivity contribution in [3.05, 3.63) is 0 Å². The van der Waals surface area contributed by atoms with E-state index in [0.29, 0.717) is 0 Å². The zero-order valence-corrected chi connectivity index (χ0v) is 2.92. The molecule has 0 bridgehead atoms. The molecule has 4 nitrogen and oxygen atoms in total. The van der Waals surface area contributed by atoms with Crippen LogP contribution in [0.25, 0.3) is 0 Å². The summed E-state index contributed by atoms with van der Waals surface area (Å²) < 4.78 is 0. The molecule has 6 heavy (non-hydrogen) atoms. The maximum atomic E-state index is 9.06. The molecule has 0 atom stereocenters. The molecule has 0 aliphatic rings. The van der Waals surface area contributed by atoms with E-state index in [1.807, 2.05) is 0 Å². The first kappa shape index (κ1) is 9.04. The van der Waals surface area contributed by atoms with Gasteiger partial charge < -0.3 is 5.11 Å². The van der Waals surface area contributed by atoms with Gasteiger partial charge in [-0.3, -0.25) is 5.48 Å². The molecule has 0 saturated heterocycles. The van der Waals surface area contributed by atoms with E-state index in [1.54, 1.807) is 0 Å². The SMILES string of the molecule is [OH].[O]CC(=O)O. The molecule has 0 aliphatic heterocycles. The Hall–Kier alpha value is -0.610. The third-order valence-corrected chi connectivity index (χ3v) is 0.123. The van der Waals surface area contributed by atoms with Crippen LogP contribution >= 0.6 is 0 Å². The molecule has 0 aromatic rings. The molecule has 2 radical (unpaired) electrons. The van der Waals surface area contributed by atoms with Gasteiger partial charge in [0, 0.05) is 0 Å². The average molecular weight is 92.0 g/mol. The maximum absolute atomic E-state index is 9.06. The van der Waals surface area contributed by atoms with Crippen molar-refractivity contribution in [3.63, 3.8) is 0 Å². The molecule has 0 aromatic heterocycles. The Kier molecular flexibility index (Phi) is 6.61. The lowest BCUT2D eigenvalue weighted by atomic mass is 10.8. The van der Waals surface area contributed by atoms with Gasteiger partial charge in [0.2, 0.25) is 0 Å². The molecule has 0 unspecified atom stereocenters. The van der Waals surface area contributed by atoms with Gasteiger partial charge in [-0.15, -0.1) is 0 Å². The summed E-state index contributed by atoms with van der Waals surface area (Å²) in [5.41, 5.74) is 0. The molecule has 0 amide bonds. The third kappa shape index (κ3) is 10.0. The number of carboxylic acids is 1. The van der Waals surface area contributed by atoms with Crippen molar-refractivity contribution in [2.45, 2.75) is 0 Å². The van der Waals surface area contributed by atoms with Gasteiger partial charge in [0.1, 0.15) is 0 Å². The van der Waals surface area contributed by atoms with Crippen LogP contribution < -0.4 is 0 Å². The first-order valence-electron chi connectivity index (χ1n) is 1.07. The van der Waals surface area contributed by atoms with Crippen LogP contribution in [0.2, 0.25) is 0 Å². The smallest absolute Gasteiger partial charge is 0.333 e. The van der Waals surface area contributed by atoms with Crippen LogP contribution in [0.1, 0.15) is 0 Å². The van der Waals surface area contributed by atoms with Gasteiger partial charge in [0.05, 0.1) is 0 Å². The highest BCUT2D eigenvalue weighted by Gasteiger charge is 1.85. The van der Waals surface area contributed by atoms with Crippen molar-refractivity contribution in [2.75, 3.05) is 6.61 Å². The van der Waals surface area contributed by atoms with Crippen molar-refractivity contribution in [1.29, 1.82) is 0 Å². The zero-order chi connectivity index (χ0) is 4.28. The second-order valence-corrected chi connectivity index (χ2v) is 0.538. The standard InChI is InChI=1S/C2H3O3.HO/c3-1-2(4)5;/h1H2,(H,4,5);1H. The van der Waals surface area contributed by atoms with Gasteiger partial charge in [-0.05, 0) is 0 Å². The van der Waals surface area contributed by atoms with Crippen LogP contribution in [-0.4, -0.2) is 23.2 Å². The Balaban J connectivity index is 0. The fraction of sp³-hybridized carbons (Fsp3) is 0.500. The summed E-state index contributed by atoms with van der Waals surface area (Å²) in [5.74, 6) is -1.30. The van der Waals surface area contributed by atoms with Gasteiger partial charge in [0.15, 0.2) is 6.61 Å². The second-order valence-electron chi connectivity index (χ2n) is 0.538. The van der Waals surface area contributed by atoms with E-state index in [0.717, 1.165) is 0 Å². The maximum Gasteiger partial charge on any atom is 0.333 e. The van der Waals surface area contributed by atoms with E-state index in [2.05, 4.69) is 0 Å². The minimum absolute atomic E-state index is 0. The van der Waals surface area contributed by atoms with Crippen LogP contribution in [0.15, 0.2) is 0 Å². The number of hydrogen-bond donors (Lipinski definition) is 2. The summed E-state index contributed by atoms with van der Waals surface area (Å²) in [4.78, 5) is 9.06. The highest BCUT2D eigenvalue weighted by Crippen LogP contribution is 1.50. The minimum atomic E-state index is -1.30. The molecule has 4 heteroatoms. The topological polar surface area (TPSA) is 87.2 Å². The summed E-state index contributed by atoms with van der Waals surface area (Å²) in [6.07, 6.45) is 0. The molecule has 0 aliphatic carbocycles. The van der Waals surface area contributed by atoms with Gasteiger partial charge in [-0.1, -0.05) is 0 Å². The number of rotatable bonds is 1. The average Bonchev–Trinajstić information content (AvgIpc) is 1.38. The predicted molar refractivity (Wildman–Crippen MR) is 15.1 cm³/mol. The number of carbonyl (C=O) groups is 1. The molecule has 0 heterocycles. The largest absolute Gasteiger partial charge is 0.479 e. The molecule has 0 rings (SSSR count). The van der Waals surface area contributed by atoms with Crippen molar-refractivity contribution in [2.24, 2.45) is 0 Å². The fourth-order valence-corrected chi connectivity index (χ4v) is 0. The molecular formula is C2H4O4. The van der Waals surface area contributed by atoms with Crippen molar-refractivity contribution in [3.8, 4) is 0 Å². The van der Waals surface area contributed by atoms with Crippen LogP contribution in [0.5, 0.6) is 0 Å². The molecule has 0 spiro atoms. The fourth-order valence-electron chi connectivity index (χ4n) is 0. The Morgan fingerprint density at radius 2 is 1.83 bits per heavy atom. The molecular weight excluding hydrogens is 88.0 g/mol. The van der Waals surface area contributed by atoms with Gasteiger partial charge >= 0.3 is 5.97 Å². The normalized spacial score (nSPS) is 6.17. The molecule has 2 N–H and O–H groups in total. The van der Waals surface area contributed by atoms with Crippen molar-refractivity contribution in [1.82, 2.24) is 0 Å². The predicted octanol–water partition coefficient (Wildman–Crippen LogP) is -0.675. The molecule has 0 fully saturated rings. The summed E-state index contributed by atoms with van der Waals surface area (Å²) in [5, 5.41) is 16.4. The number of aliphatic carboxylic acids is 1. The van der Waals surface area contributed by atoms with E-state index in [9.17, 15) is 0 Å². The second kappa shape index (κ2) is 4.39. The van der Waals surface area contributed by atoms with Crippen LogP contribution in [0.4, 0.5) is 0 Å². The minimum Gasteiger partial charge on any atom is -0.479 e. The monoisotopic (exact) mass is 92.0 g/mol. The van der Waals surface area contributed by atoms with Crippen LogP contribution in [0, 0.1) is 0 Å². The Morgan fingerprint density at radius 3 is 1.83 bits per heavy atom. The van der Waals surface area contributed by atoms with Gasteiger partial charge in [-0.2, -0.15) is 0 Å². The van der Waals surface area contributed by atoms with E-state index < -0.39 is 12.6 Å². The van der Waals surface area contributed by atoms with Crippen LogP contribution in [0.3, 0.4) is 0 Å². The summed E-state index contributed by atoms with van der Waals surface area (Å²) in [7, 11) is 0. The molecule has 0 saturated carbocycles. The number of carboxylic acid groups (broad SMARTS) is 1. The highest BCUT2D eigenvalue weighted by molar-refractivity contribution is 5.67. The zero-order valence-electron chi connectivity index (χ0n) is 2.92. The Morgan fingerprint density at radius 1 is 1.67 bits per heavy atom. The quantitative estimate of drug-likeness (QED) is 0.449. The van der Waals surface area contributed by atoms with E-state index in [4.69, 9.17) is 15.0 Å². The Labute approximate surface area is 34.3 Å². The lowest BCUT2D eigenvalue weighted by molar-refractivity contribution is -0.142. The van der Waals surface area contributed by atoms with E-state index in [1.165, 1.54) is 0 Å². The first-order chi connectivity index (χ1) is 2.27. The molecule has 36 valence electrons. The molecule has 0 aromatic carbocycles. The summed E-state index contributed by atoms with van der Waals surface area (Å²) in [6, 6.07) is 0. The van der Waals surface area contributed by atoms with Gasteiger partial charge in [-0.25, -0.2) is 9.90 Å². The lowest BCUT2D eigenvalue weighted by Crippen LogP contribution is -1.97. The van der Waals surface area contributed by atoms with Crippen LogP contribution in [-0.2, 0) is 9.90 Å². The van der Waals surface area contributed by atoms with Crippen molar-refractivity contribution < 1.29 is 20.5 Å². The summed E-state index contributed by atoms with van der Waals surface area (Å²) in [6.45, 7) is -1.03. The summed E-state index contributed by atoms with van der Waals surface area (Å²) >= 11 is 0. The third-order valence-electron chi connectivity index (χ3n) is 0.123. The Bertz CT molecular complexity index is 40.8. The van der Waals surface area contributed by atoms with E-state index >= 15 is 0 Å².